The normalized spacial score (nSPS) is 16.4. The third kappa shape index (κ3) is 5.88. The van der Waals surface area contributed by atoms with Crippen molar-refractivity contribution in [2.24, 2.45) is 0 Å². The summed E-state index contributed by atoms with van der Waals surface area (Å²) >= 11 is 0. The lowest BCUT2D eigenvalue weighted by molar-refractivity contribution is -0.124. The van der Waals surface area contributed by atoms with Gasteiger partial charge in [0, 0.05) is 26.0 Å². The number of alkyl halides is 2. The van der Waals surface area contributed by atoms with E-state index in [2.05, 4.69) is 15.3 Å². The number of nitrogens with one attached hydrogen (secondary N) is 1. The summed E-state index contributed by atoms with van der Waals surface area (Å²) in [6.07, 6.45) is 2.18. The van der Waals surface area contributed by atoms with Crippen molar-refractivity contribution >= 4 is 15.9 Å². The van der Waals surface area contributed by atoms with Gasteiger partial charge in [-0.05, 0) is 43.2 Å². The van der Waals surface area contributed by atoms with E-state index in [9.17, 15) is 26.4 Å². The Labute approximate surface area is 207 Å². The Hall–Kier alpha value is -3.38. The van der Waals surface area contributed by atoms with Gasteiger partial charge in [0.2, 0.25) is 15.9 Å². The number of rotatable bonds is 7. The standard InChI is InChI=1S/C24H23F3N4O3S.FH.H2/c1-24(26,27)17-6-4-16(5-7-17)21-13-19(29-15-30-21)14-28-23(32)22-3-2-12-31(22)35(33,34)20-10-8-18(25)9-11-20;;/h4-11,13,15,22H,2-3,12,14H2,1H3,(H,28,32);2*1H/t22-;;/m0../s1. The van der Waals surface area contributed by atoms with Crippen molar-refractivity contribution in [2.75, 3.05) is 6.54 Å². The summed E-state index contributed by atoms with van der Waals surface area (Å²) in [5.74, 6) is -3.97. The summed E-state index contributed by atoms with van der Waals surface area (Å²) in [4.78, 5) is 21.1. The van der Waals surface area contributed by atoms with Crippen LogP contribution in [-0.2, 0) is 27.3 Å². The lowest BCUT2D eigenvalue weighted by atomic mass is 10.1. The molecule has 36 heavy (non-hydrogen) atoms. The van der Waals surface area contributed by atoms with Gasteiger partial charge in [-0.3, -0.25) is 9.50 Å². The van der Waals surface area contributed by atoms with Gasteiger partial charge in [0.05, 0.1) is 22.8 Å². The Bertz CT molecular complexity index is 1320. The maximum atomic E-state index is 13.4. The molecule has 0 saturated carbocycles. The minimum Gasteiger partial charge on any atom is -0.349 e. The number of hydrogen-bond donors (Lipinski definition) is 1. The second-order valence-electron chi connectivity index (χ2n) is 8.31. The lowest BCUT2D eigenvalue weighted by Gasteiger charge is -2.23. The molecule has 2 heterocycles. The monoisotopic (exact) mass is 526 g/mol. The minimum atomic E-state index is -3.96. The minimum absolute atomic E-state index is 0. The molecule has 3 aromatic rings. The van der Waals surface area contributed by atoms with Gasteiger partial charge in [0.1, 0.15) is 18.2 Å². The van der Waals surface area contributed by atoms with Crippen molar-refractivity contribution < 1.29 is 32.5 Å². The van der Waals surface area contributed by atoms with Gasteiger partial charge in [-0.25, -0.2) is 31.6 Å². The van der Waals surface area contributed by atoms with E-state index in [0.717, 1.165) is 23.4 Å². The summed E-state index contributed by atoms with van der Waals surface area (Å²) in [7, 11) is -3.96. The third-order valence-electron chi connectivity index (χ3n) is 5.78. The first-order valence-electron chi connectivity index (χ1n) is 10.9. The summed E-state index contributed by atoms with van der Waals surface area (Å²) in [6, 6.07) is 10.9. The molecule has 1 saturated heterocycles. The average molecular weight is 527 g/mol. The molecule has 4 rings (SSSR count). The first-order chi connectivity index (χ1) is 16.6. The number of benzene rings is 2. The molecule has 1 aromatic heterocycles. The van der Waals surface area contributed by atoms with Crippen molar-refractivity contribution in [1.29, 1.82) is 0 Å². The van der Waals surface area contributed by atoms with Crippen molar-refractivity contribution in [2.45, 2.75) is 43.2 Å². The van der Waals surface area contributed by atoms with Crippen LogP contribution in [0.25, 0.3) is 11.3 Å². The molecule has 1 aliphatic rings. The number of sulfonamides is 1. The number of nitrogens with zero attached hydrogens (tertiary/aromatic N) is 3. The largest absolute Gasteiger partial charge is 0.349 e. The van der Waals surface area contributed by atoms with Crippen LogP contribution in [0.1, 0.15) is 32.4 Å². The maximum absolute atomic E-state index is 13.4. The van der Waals surface area contributed by atoms with Crippen molar-refractivity contribution in [3.63, 3.8) is 0 Å². The van der Waals surface area contributed by atoms with Crippen LogP contribution in [0.4, 0.5) is 17.9 Å². The van der Waals surface area contributed by atoms with E-state index in [0.29, 0.717) is 29.8 Å². The van der Waals surface area contributed by atoms with Gasteiger partial charge in [0.15, 0.2) is 0 Å². The van der Waals surface area contributed by atoms with E-state index in [1.54, 1.807) is 6.07 Å². The second-order valence-corrected chi connectivity index (χ2v) is 10.2. The molecule has 1 fully saturated rings. The Morgan fingerprint density at radius 2 is 1.81 bits per heavy atom. The SMILES string of the molecule is CC(F)(F)c1ccc(-c2cc(CNC(=O)[C@@H]3CCCN3S(=O)(=O)c3ccc(F)cc3)ncn2)cc1.F.[HH]. The molecule has 1 aliphatic heterocycles. The molecule has 2 aromatic carbocycles. The Kier molecular flexibility index (Phi) is 8.09. The van der Waals surface area contributed by atoms with E-state index in [1.165, 1.54) is 42.7 Å². The molecule has 1 atom stereocenters. The zero-order valence-electron chi connectivity index (χ0n) is 19.2. The van der Waals surface area contributed by atoms with Gasteiger partial charge in [-0.15, -0.1) is 0 Å². The lowest BCUT2D eigenvalue weighted by Crippen LogP contribution is -2.45. The van der Waals surface area contributed by atoms with Crippen LogP contribution in [0, 0.1) is 5.82 Å². The number of carbonyl (C=O) groups excluding carboxylic acids is 1. The summed E-state index contributed by atoms with van der Waals surface area (Å²) < 4.78 is 67.2. The van der Waals surface area contributed by atoms with Gasteiger partial charge in [-0.1, -0.05) is 24.3 Å². The molecule has 194 valence electrons. The molecule has 12 heteroatoms. The Morgan fingerprint density at radius 1 is 1.14 bits per heavy atom. The molecule has 7 nitrogen and oxygen atoms in total. The Balaban J connectivity index is 0.00000241. The molecular formula is C24H26F4N4O3S. The van der Waals surface area contributed by atoms with Crippen LogP contribution in [0.15, 0.2) is 65.8 Å². The van der Waals surface area contributed by atoms with E-state index in [-0.39, 0.29) is 29.7 Å². The van der Waals surface area contributed by atoms with Gasteiger partial charge in [0.25, 0.3) is 5.92 Å². The zero-order valence-corrected chi connectivity index (χ0v) is 20.0. The van der Waals surface area contributed by atoms with Gasteiger partial charge < -0.3 is 5.32 Å². The van der Waals surface area contributed by atoms with Gasteiger partial charge >= 0.3 is 0 Å². The van der Waals surface area contributed by atoms with Crippen LogP contribution >= 0.6 is 0 Å². The van der Waals surface area contributed by atoms with Crippen molar-refractivity contribution in [3.8, 4) is 11.3 Å². The molecular weight excluding hydrogens is 500 g/mol. The Morgan fingerprint density at radius 3 is 2.44 bits per heavy atom. The number of aromatic nitrogens is 2. The number of carbonyl (C=O) groups is 1. The highest BCUT2D eigenvalue weighted by Crippen LogP contribution is 2.29. The summed E-state index contributed by atoms with van der Waals surface area (Å²) in [5.41, 5.74) is 1.47. The zero-order chi connectivity index (χ0) is 25.2. The molecule has 0 aliphatic carbocycles. The fraction of sp³-hybridized carbons (Fsp3) is 0.292. The van der Waals surface area contributed by atoms with E-state index >= 15 is 0 Å². The maximum Gasteiger partial charge on any atom is 0.270 e. The fourth-order valence-corrected chi connectivity index (χ4v) is 5.57. The highest BCUT2D eigenvalue weighted by molar-refractivity contribution is 7.89. The number of amides is 1. The second kappa shape index (κ2) is 10.7. The quantitative estimate of drug-likeness (QED) is 0.465. The first-order valence-corrected chi connectivity index (χ1v) is 12.3. The van der Waals surface area contributed by atoms with Gasteiger partial charge in [-0.2, -0.15) is 4.31 Å². The topological polar surface area (TPSA) is 92.3 Å². The van der Waals surface area contributed by atoms with Crippen molar-refractivity contribution in [1.82, 2.24) is 19.6 Å². The summed E-state index contributed by atoms with van der Waals surface area (Å²) in [5, 5.41) is 2.72. The van der Waals surface area contributed by atoms with Crippen molar-refractivity contribution in [3.05, 3.63) is 78.0 Å². The first kappa shape index (κ1) is 27.2. The fourth-order valence-electron chi connectivity index (χ4n) is 3.91. The van der Waals surface area contributed by atoms with Crippen LogP contribution in [-0.4, -0.2) is 41.2 Å². The molecule has 0 radical (unpaired) electrons. The van der Waals surface area contributed by atoms with E-state index < -0.39 is 33.7 Å². The number of halogens is 4. The predicted octanol–water partition coefficient (Wildman–Crippen LogP) is 4.26. The highest BCUT2D eigenvalue weighted by atomic mass is 32.2. The summed E-state index contributed by atoms with van der Waals surface area (Å²) in [6.45, 7) is 1.03. The van der Waals surface area contributed by atoms with E-state index in [1.807, 2.05) is 0 Å². The molecule has 0 unspecified atom stereocenters. The molecule has 0 spiro atoms. The predicted molar refractivity (Wildman–Crippen MR) is 127 cm³/mol. The molecule has 0 bridgehead atoms. The average Bonchev–Trinajstić information content (AvgIpc) is 3.34. The molecule has 1 amide bonds. The number of hydrogen-bond acceptors (Lipinski definition) is 5. The third-order valence-corrected chi connectivity index (χ3v) is 7.70. The van der Waals surface area contributed by atoms with Crippen LogP contribution in [0.3, 0.4) is 0 Å². The van der Waals surface area contributed by atoms with E-state index in [4.69, 9.17) is 0 Å². The van der Waals surface area contributed by atoms with Crippen LogP contribution < -0.4 is 5.32 Å². The van der Waals surface area contributed by atoms with Crippen LogP contribution in [0.2, 0.25) is 0 Å². The molecule has 1 N–H and O–H groups in total. The highest BCUT2D eigenvalue weighted by Gasteiger charge is 2.39. The smallest absolute Gasteiger partial charge is 0.270 e. The van der Waals surface area contributed by atoms with Crippen LogP contribution in [0.5, 0.6) is 0 Å².